The van der Waals surface area contributed by atoms with Crippen molar-refractivity contribution >= 4 is 51.9 Å². The Morgan fingerprint density at radius 3 is 2.17 bits per heavy atom. The minimum Gasteiger partial charge on any atom is -0.337 e. The van der Waals surface area contributed by atoms with Gasteiger partial charge in [-0.25, -0.2) is 4.99 Å². The molecule has 218 valence electrons. The molecule has 0 spiro atoms. The molecule has 0 saturated carbocycles. The van der Waals surface area contributed by atoms with E-state index < -0.39 is 5.54 Å². The van der Waals surface area contributed by atoms with Gasteiger partial charge in [-0.3, -0.25) is 9.59 Å². The maximum Gasteiger partial charge on any atom is 0.262 e. The zero-order valence-electron chi connectivity index (χ0n) is 24.4. The molecular formula is C31H37Cl2N5O2S. The molecule has 3 aliphatic heterocycles. The third-order valence-corrected chi connectivity index (χ3v) is 9.64. The Morgan fingerprint density at radius 1 is 1.05 bits per heavy atom. The summed E-state index contributed by atoms with van der Waals surface area (Å²) < 4.78 is 0. The van der Waals surface area contributed by atoms with Crippen molar-refractivity contribution in [3.8, 4) is 0 Å². The number of fused-ring (bicyclic) bond motifs is 1. The van der Waals surface area contributed by atoms with Crippen LogP contribution in [-0.2, 0) is 15.1 Å². The second kappa shape index (κ2) is 11.6. The van der Waals surface area contributed by atoms with E-state index in [4.69, 9.17) is 28.2 Å². The average Bonchev–Trinajstić information content (AvgIpc) is 3.38. The second-order valence-corrected chi connectivity index (χ2v) is 13.5. The molecule has 2 aromatic rings. The molecule has 2 aromatic carbocycles. The maximum absolute atomic E-state index is 14.2. The van der Waals surface area contributed by atoms with Crippen LogP contribution in [0.25, 0.3) is 0 Å². The van der Waals surface area contributed by atoms with E-state index in [-0.39, 0.29) is 29.8 Å². The molecule has 0 bridgehead atoms. The summed E-state index contributed by atoms with van der Waals surface area (Å²) in [6.45, 7) is 10.5. The SMILES string of the molecule is CCN(C(=O)C1=C(C(C)C)N2C(=N[C@@](C)(c3ccc(Cl)cc3)[C@H]2c2ccc(Cl)cc2)S1)C1CN(C(=O)CN(C)C)C1. The molecule has 2 atom stereocenters. The Labute approximate surface area is 257 Å². The van der Waals surface area contributed by atoms with Gasteiger partial charge in [-0.15, -0.1) is 0 Å². The van der Waals surface area contributed by atoms with Crippen LogP contribution in [0.4, 0.5) is 0 Å². The fourth-order valence-corrected chi connectivity index (χ4v) is 7.60. The highest BCUT2D eigenvalue weighted by molar-refractivity contribution is 8.18. The molecule has 1 fully saturated rings. The quantitative estimate of drug-likeness (QED) is 0.373. The van der Waals surface area contributed by atoms with Gasteiger partial charge in [-0.1, -0.05) is 61.3 Å². The normalized spacial score (nSPS) is 22.4. The van der Waals surface area contributed by atoms with Crippen LogP contribution in [0.15, 0.2) is 64.1 Å². The highest BCUT2D eigenvalue weighted by Gasteiger charge is 2.53. The molecule has 10 heteroatoms. The number of rotatable bonds is 8. The first-order chi connectivity index (χ1) is 19.4. The number of amides is 2. The van der Waals surface area contributed by atoms with E-state index in [2.05, 4.69) is 25.7 Å². The van der Waals surface area contributed by atoms with E-state index in [1.807, 2.05) is 84.2 Å². The summed E-state index contributed by atoms with van der Waals surface area (Å²) in [5, 5.41) is 2.17. The van der Waals surface area contributed by atoms with Gasteiger partial charge < -0.3 is 19.6 Å². The maximum atomic E-state index is 14.2. The predicted octanol–water partition coefficient (Wildman–Crippen LogP) is 5.86. The molecule has 2 amide bonds. The number of likely N-dealkylation sites (N-methyl/N-ethyl adjacent to an activating group) is 2. The Balaban J connectivity index is 1.50. The molecule has 3 heterocycles. The van der Waals surface area contributed by atoms with Crippen molar-refractivity contribution in [1.82, 2.24) is 19.6 Å². The largest absolute Gasteiger partial charge is 0.337 e. The Hall–Kier alpha value is -2.52. The monoisotopic (exact) mass is 613 g/mol. The first-order valence-electron chi connectivity index (χ1n) is 14.0. The van der Waals surface area contributed by atoms with Crippen LogP contribution in [0.1, 0.15) is 44.9 Å². The summed E-state index contributed by atoms with van der Waals surface area (Å²) in [7, 11) is 3.77. The van der Waals surface area contributed by atoms with Crippen molar-refractivity contribution in [3.63, 3.8) is 0 Å². The summed E-state index contributed by atoms with van der Waals surface area (Å²) in [6.07, 6.45) is 0. The molecule has 0 radical (unpaired) electrons. The van der Waals surface area contributed by atoms with Gasteiger partial charge in [-0.2, -0.15) is 0 Å². The Bertz CT molecular complexity index is 1390. The molecule has 0 unspecified atom stereocenters. The molecule has 5 rings (SSSR count). The van der Waals surface area contributed by atoms with Gasteiger partial charge in [0.15, 0.2) is 5.17 Å². The number of thioether (sulfide) groups is 1. The number of halogens is 2. The van der Waals surface area contributed by atoms with Crippen molar-refractivity contribution in [3.05, 3.63) is 80.3 Å². The van der Waals surface area contributed by atoms with Crippen LogP contribution in [0, 0.1) is 5.92 Å². The van der Waals surface area contributed by atoms with E-state index >= 15 is 0 Å². The molecule has 0 N–H and O–H groups in total. The fraction of sp³-hybridized carbons (Fsp3) is 0.452. The summed E-state index contributed by atoms with van der Waals surface area (Å²) in [4.78, 5) is 40.6. The highest BCUT2D eigenvalue weighted by Crippen LogP contribution is 2.56. The van der Waals surface area contributed by atoms with Crippen LogP contribution < -0.4 is 0 Å². The van der Waals surface area contributed by atoms with E-state index in [1.54, 1.807) is 0 Å². The van der Waals surface area contributed by atoms with Gasteiger partial charge in [-0.05, 0) is 81.0 Å². The Kier molecular flexibility index (Phi) is 8.50. The predicted molar refractivity (Wildman–Crippen MR) is 168 cm³/mol. The highest BCUT2D eigenvalue weighted by atomic mass is 35.5. The van der Waals surface area contributed by atoms with E-state index in [0.717, 1.165) is 26.9 Å². The van der Waals surface area contributed by atoms with Gasteiger partial charge in [0.1, 0.15) is 10.4 Å². The lowest BCUT2D eigenvalue weighted by Gasteiger charge is -2.45. The zero-order valence-corrected chi connectivity index (χ0v) is 26.7. The molecule has 1 saturated heterocycles. The number of benzene rings is 2. The minimum absolute atomic E-state index is 0.00361. The molecule has 3 aliphatic rings. The van der Waals surface area contributed by atoms with Crippen LogP contribution >= 0.6 is 35.0 Å². The number of aliphatic imine (C=N–C) groups is 1. The summed E-state index contributed by atoms with van der Waals surface area (Å²) in [6, 6.07) is 15.6. The van der Waals surface area contributed by atoms with E-state index in [1.165, 1.54) is 11.8 Å². The van der Waals surface area contributed by atoms with Crippen molar-refractivity contribution in [2.75, 3.05) is 40.3 Å². The zero-order chi connectivity index (χ0) is 29.6. The lowest BCUT2D eigenvalue weighted by Crippen LogP contribution is -2.63. The summed E-state index contributed by atoms with van der Waals surface area (Å²) in [5.74, 6) is 0.176. The van der Waals surface area contributed by atoms with Gasteiger partial charge in [0.05, 0.1) is 18.6 Å². The van der Waals surface area contributed by atoms with Crippen molar-refractivity contribution in [1.29, 1.82) is 0 Å². The van der Waals surface area contributed by atoms with Crippen LogP contribution in [-0.4, -0.2) is 82.9 Å². The van der Waals surface area contributed by atoms with Crippen molar-refractivity contribution in [2.24, 2.45) is 10.9 Å². The molecule has 7 nitrogen and oxygen atoms in total. The molecular weight excluding hydrogens is 577 g/mol. The number of likely N-dealkylation sites (tertiary alicyclic amines) is 1. The number of allylic oxidation sites excluding steroid dienone is 1. The lowest BCUT2D eigenvalue weighted by atomic mass is 9.81. The van der Waals surface area contributed by atoms with Gasteiger partial charge >= 0.3 is 0 Å². The number of nitrogens with zero attached hydrogens (tertiary/aromatic N) is 5. The van der Waals surface area contributed by atoms with Crippen LogP contribution in [0.3, 0.4) is 0 Å². The molecule has 41 heavy (non-hydrogen) atoms. The first kappa shape index (κ1) is 30.0. The number of amidine groups is 1. The number of carbonyl (C=O) groups excluding carboxylic acids is 2. The topological polar surface area (TPSA) is 59.5 Å². The minimum atomic E-state index is -0.610. The number of carbonyl (C=O) groups is 2. The average molecular weight is 615 g/mol. The molecule has 0 aliphatic carbocycles. The van der Waals surface area contributed by atoms with Gasteiger partial charge in [0, 0.05) is 35.4 Å². The smallest absolute Gasteiger partial charge is 0.262 e. The van der Waals surface area contributed by atoms with Crippen molar-refractivity contribution in [2.45, 2.75) is 45.3 Å². The van der Waals surface area contributed by atoms with E-state index in [9.17, 15) is 9.59 Å². The third-order valence-electron chi connectivity index (χ3n) is 8.07. The summed E-state index contributed by atoms with van der Waals surface area (Å²) >= 11 is 14.0. The van der Waals surface area contributed by atoms with E-state index in [0.29, 0.717) is 36.2 Å². The Morgan fingerprint density at radius 2 is 1.63 bits per heavy atom. The first-order valence-corrected chi connectivity index (χ1v) is 15.6. The summed E-state index contributed by atoms with van der Waals surface area (Å²) in [5.41, 5.74) is 2.49. The van der Waals surface area contributed by atoms with Crippen LogP contribution in [0.2, 0.25) is 10.0 Å². The third kappa shape index (κ3) is 5.52. The molecule has 0 aromatic heterocycles. The van der Waals surface area contributed by atoms with Gasteiger partial charge in [0.2, 0.25) is 5.91 Å². The number of hydrogen-bond acceptors (Lipinski definition) is 6. The lowest BCUT2D eigenvalue weighted by molar-refractivity contribution is -0.144. The van der Waals surface area contributed by atoms with Gasteiger partial charge in [0.25, 0.3) is 5.91 Å². The number of hydrogen-bond donors (Lipinski definition) is 0. The standard InChI is InChI=1S/C31H37Cl2N5O2S/c1-7-37(24-16-36(17-24)25(39)18-35(5)6)29(40)27-26(19(2)3)38-28(20-8-12-22(32)13-9-20)31(4,34-30(38)41-27)21-10-14-23(33)15-11-21/h8-15,19,24,28H,7,16-18H2,1-6H3/t28-,31+/m1/s1. The fourth-order valence-electron chi connectivity index (χ4n) is 5.99. The van der Waals surface area contributed by atoms with Crippen molar-refractivity contribution < 1.29 is 9.59 Å². The van der Waals surface area contributed by atoms with Crippen LogP contribution in [0.5, 0.6) is 0 Å². The second-order valence-electron chi connectivity index (χ2n) is 11.6.